The second-order valence-electron chi connectivity index (χ2n) is 7.92. The van der Waals surface area contributed by atoms with Gasteiger partial charge in [-0.1, -0.05) is 12.1 Å². The van der Waals surface area contributed by atoms with Crippen molar-refractivity contribution in [3.8, 4) is 17.1 Å². The van der Waals surface area contributed by atoms with Gasteiger partial charge in [-0.3, -0.25) is 4.90 Å². The number of aromatic nitrogens is 4. The number of imidazole rings is 1. The molecular weight excluding hydrogens is 366 g/mol. The van der Waals surface area contributed by atoms with Gasteiger partial charge in [0.1, 0.15) is 17.1 Å². The molecule has 0 atom stereocenters. The molecule has 2 aromatic heterocycles. The molecule has 3 heterocycles. The van der Waals surface area contributed by atoms with E-state index in [9.17, 15) is 5.11 Å². The van der Waals surface area contributed by atoms with Gasteiger partial charge in [-0.15, -0.1) is 0 Å². The van der Waals surface area contributed by atoms with E-state index in [0.717, 1.165) is 67.5 Å². The van der Waals surface area contributed by atoms with E-state index in [4.69, 9.17) is 9.97 Å². The molecule has 8 nitrogen and oxygen atoms in total. The number of nitrogens with one attached hydrogen (secondary N) is 2. The SMILES string of the molecule is Cc1nc(NC2CC2)nc2c1nc(-c1ccccc1O)n2CCN1CCNCC1. The van der Waals surface area contributed by atoms with Crippen LogP contribution in [0, 0.1) is 6.92 Å². The number of aromatic hydroxyl groups is 1. The maximum absolute atomic E-state index is 10.5. The van der Waals surface area contributed by atoms with E-state index in [1.165, 1.54) is 12.8 Å². The van der Waals surface area contributed by atoms with Crippen LogP contribution >= 0.6 is 0 Å². The Balaban J connectivity index is 1.57. The Labute approximate surface area is 170 Å². The molecular formula is C21H27N7O. The predicted molar refractivity (Wildman–Crippen MR) is 113 cm³/mol. The molecule has 1 aromatic carbocycles. The molecule has 3 aromatic rings. The Bertz CT molecular complexity index is 1020. The van der Waals surface area contributed by atoms with E-state index >= 15 is 0 Å². The van der Waals surface area contributed by atoms with Crippen LogP contribution < -0.4 is 10.6 Å². The first kappa shape index (κ1) is 18.3. The number of fused-ring (bicyclic) bond motifs is 1. The Kier molecular flexibility index (Phi) is 4.81. The lowest BCUT2D eigenvalue weighted by atomic mass is 10.2. The fourth-order valence-electron chi connectivity index (χ4n) is 3.87. The van der Waals surface area contributed by atoms with Gasteiger partial charge in [0, 0.05) is 45.3 Å². The van der Waals surface area contributed by atoms with Gasteiger partial charge < -0.3 is 20.3 Å². The summed E-state index contributed by atoms with van der Waals surface area (Å²) in [5.41, 5.74) is 3.21. The number of phenolic OH excluding ortho intramolecular Hbond substituents is 1. The average Bonchev–Trinajstić information content (AvgIpc) is 3.46. The van der Waals surface area contributed by atoms with Crippen molar-refractivity contribution < 1.29 is 5.11 Å². The number of hydrogen-bond donors (Lipinski definition) is 3. The van der Waals surface area contributed by atoms with Crippen molar-refractivity contribution in [2.24, 2.45) is 0 Å². The molecule has 2 aliphatic rings. The first-order valence-electron chi connectivity index (χ1n) is 10.4. The number of piperazine rings is 1. The number of anilines is 1. The summed E-state index contributed by atoms with van der Waals surface area (Å²) in [5, 5.41) is 17.3. The number of rotatable bonds is 6. The Hall–Kier alpha value is -2.71. The number of aryl methyl sites for hydroxylation is 1. The minimum Gasteiger partial charge on any atom is -0.507 e. The zero-order valence-corrected chi connectivity index (χ0v) is 16.7. The smallest absolute Gasteiger partial charge is 0.225 e. The van der Waals surface area contributed by atoms with Crippen LogP contribution in [0.15, 0.2) is 24.3 Å². The fraction of sp³-hybridized carbons (Fsp3) is 0.476. The van der Waals surface area contributed by atoms with Crippen LogP contribution in [0.4, 0.5) is 5.95 Å². The molecule has 8 heteroatoms. The quantitative estimate of drug-likeness (QED) is 0.590. The first-order valence-corrected chi connectivity index (χ1v) is 10.4. The molecule has 0 radical (unpaired) electrons. The molecule has 0 spiro atoms. The number of phenols is 1. The van der Waals surface area contributed by atoms with Crippen LogP contribution in [0.1, 0.15) is 18.5 Å². The highest BCUT2D eigenvalue weighted by Gasteiger charge is 2.24. The third-order valence-electron chi connectivity index (χ3n) is 5.67. The van der Waals surface area contributed by atoms with Crippen LogP contribution in [0.25, 0.3) is 22.6 Å². The lowest BCUT2D eigenvalue weighted by molar-refractivity contribution is 0.233. The number of benzene rings is 1. The second-order valence-corrected chi connectivity index (χ2v) is 7.92. The zero-order chi connectivity index (χ0) is 19.8. The first-order chi connectivity index (χ1) is 14.2. The van der Waals surface area contributed by atoms with Gasteiger partial charge in [-0.2, -0.15) is 4.98 Å². The lowest BCUT2D eigenvalue weighted by Gasteiger charge is -2.27. The molecule has 29 heavy (non-hydrogen) atoms. The average molecular weight is 393 g/mol. The molecule has 0 bridgehead atoms. The highest BCUT2D eigenvalue weighted by atomic mass is 16.3. The van der Waals surface area contributed by atoms with E-state index < -0.39 is 0 Å². The molecule has 1 saturated carbocycles. The van der Waals surface area contributed by atoms with Gasteiger partial charge in [0.15, 0.2) is 5.65 Å². The van der Waals surface area contributed by atoms with Crippen LogP contribution in [-0.2, 0) is 6.54 Å². The third kappa shape index (κ3) is 3.77. The molecule has 152 valence electrons. The summed E-state index contributed by atoms with van der Waals surface area (Å²) in [6.45, 7) is 7.79. The van der Waals surface area contributed by atoms with Crippen molar-refractivity contribution in [3.05, 3.63) is 30.0 Å². The van der Waals surface area contributed by atoms with E-state index in [-0.39, 0.29) is 5.75 Å². The lowest BCUT2D eigenvalue weighted by Crippen LogP contribution is -2.44. The molecule has 0 amide bonds. The summed E-state index contributed by atoms with van der Waals surface area (Å²) in [5.74, 6) is 1.65. The van der Waals surface area contributed by atoms with Crippen molar-refractivity contribution in [2.45, 2.75) is 32.4 Å². The Morgan fingerprint density at radius 1 is 1.10 bits per heavy atom. The van der Waals surface area contributed by atoms with E-state index in [2.05, 4.69) is 25.1 Å². The molecule has 1 aliphatic heterocycles. The Morgan fingerprint density at radius 3 is 2.66 bits per heavy atom. The van der Waals surface area contributed by atoms with Crippen molar-refractivity contribution in [1.29, 1.82) is 0 Å². The number of nitrogens with zero attached hydrogens (tertiary/aromatic N) is 5. The third-order valence-corrected chi connectivity index (χ3v) is 5.67. The summed E-state index contributed by atoms with van der Waals surface area (Å²) < 4.78 is 2.14. The second kappa shape index (κ2) is 7.61. The van der Waals surface area contributed by atoms with Gasteiger partial charge in [-0.25, -0.2) is 9.97 Å². The number of para-hydroxylation sites is 1. The van der Waals surface area contributed by atoms with Gasteiger partial charge >= 0.3 is 0 Å². The van der Waals surface area contributed by atoms with Gasteiger partial charge in [0.25, 0.3) is 0 Å². The minimum atomic E-state index is 0.230. The molecule has 1 aliphatic carbocycles. The minimum absolute atomic E-state index is 0.230. The Morgan fingerprint density at radius 2 is 1.90 bits per heavy atom. The maximum Gasteiger partial charge on any atom is 0.225 e. The normalized spacial score (nSPS) is 17.7. The molecule has 2 fully saturated rings. The molecule has 3 N–H and O–H groups in total. The van der Waals surface area contributed by atoms with Crippen molar-refractivity contribution in [3.63, 3.8) is 0 Å². The largest absolute Gasteiger partial charge is 0.507 e. The van der Waals surface area contributed by atoms with E-state index in [1.54, 1.807) is 6.07 Å². The predicted octanol–water partition coefficient (Wildman–Crippen LogP) is 1.99. The van der Waals surface area contributed by atoms with Crippen molar-refractivity contribution in [2.75, 3.05) is 38.0 Å². The molecule has 1 saturated heterocycles. The topological polar surface area (TPSA) is 91.1 Å². The van der Waals surface area contributed by atoms with Crippen LogP contribution in [0.3, 0.4) is 0 Å². The van der Waals surface area contributed by atoms with E-state index in [0.29, 0.717) is 12.0 Å². The molecule has 0 unspecified atom stereocenters. The summed E-state index contributed by atoms with van der Waals surface area (Å²) in [7, 11) is 0. The van der Waals surface area contributed by atoms with Gasteiger partial charge in [0.05, 0.1) is 11.3 Å². The highest BCUT2D eigenvalue weighted by Crippen LogP contribution is 2.32. The van der Waals surface area contributed by atoms with Gasteiger partial charge in [-0.05, 0) is 31.9 Å². The monoisotopic (exact) mass is 393 g/mol. The standard InChI is InChI=1S/C21H27N7O/c1-14-18-20(26-21(23-14)24-15-6-7-15)28(13-12-27-10-8-22-9-11-27)19(25-18)16-4-2-3-5-17(16)29/h2-5,15,22,29H,6-13H2,1H3,(H,23,24,26). The highest BCUT2D eigenvalue weighted by molar-refractivity contribution is 5.81. The summed E-state index contributed by atoms with van der Waals surface area (Å²) in [4.78, 5) is 16.8. The van der Waals surface area contributed by atoms with Crippen LogP contribution in [-0.4, -0.2) is 68.3 Å². The fourth-order valence-corrected chi connectivity index (χ4v) is 3.87. The van der Waals surface area contributed by atoms with Crippen molar-refractivity contribution in [1.82, 2.24) is 29.7 Å². The van der Waals surface area contributed by atoms with E-state index in [1.807, 2.05) is 25.1 Å². The maximum atomic E-state index is 10.5. The summed E-state index contributed by atoms with van der Waals surface area (Å²) in [6, 6.07) is 7.85. The number of hydrogen-bond acceptors (Lipinski definition) is 7. The van der Waals surface area contributed by atoms with Gasteiger partial charge in [0.2, 0.25) is 5.95 Å². The molecule has 5 rings (SSSR count). The summed E-state index contributed by atoms with van der Waals surface area (Å²) in [6.07, 6.45) is 2.34. The van der Waals surface area contributed by atoms with Crippen LogP contribution in [0.2, 0.25) is 0 Å². The van der Waals surface area contributed by atoms with Crippen molar-refractivity contribution >= 4 is 17.1 Å². The van der Waals surface area contributed by atoms with Crippen LogP contribution in [0.5, 0.6) is 5.75 Å². The summed E-state index contributed by atoms with van der Waals surface area (Å²) >= 11 is 0. The zero-order valence-electron chi connectivity index (χ0n) is 16.7.